The monoisotopic (exact) mass is 694 g/mol. The van der Waals surface area contributed by atoms with Crippen molar-refractivity contribution >= 4 is 68.0 Å². The highest BCUT2D eigenvalue weighted by atomic mass is 35.5. The average Bonchev–Trinajstić information content (AvgIpc) is 3.08. The van der Waals surface area contributed by atoms with Crippen LogP contribution in [-0.2, 0) is 0 Å². The van der Waals surface area contributed by atoms with Gasteiger partial charge in [0.25, 0.3) is 0 Å². The van der Waals surface area contributed by atoms with Crippen molar-refractivity contribution in [1.29, 1.82) is 0 Å². The maximum Gasteiger partial charge on any atom is 0.162 e. The fraction of sp³-hybridized carbons (Fsp3) is 0.176. The van der Waals surface area contributed by atoms with Crippen molar-refractivity contribution in [2.75, 3.05) is 31.5 Å². The Balaban J connectivity index is 0.000000190. The predicted octanol–water partition coefficient (Wildman–Crippen LogP) is 9.23. The summed E-state index contributed by atoms with van der Waals surface area (Å²) < 4.78 is 42.8. The maximum absolute atomic E-state index is 13.4. The first kappa shape index (κ1) is 34.1. The van der Waals surface area contributed by atoms with E-state index in [1.807, 2.05) is 6.07 Å². The van der Waals surface area contributed by atoms with Crippen molar-refractivity contribution in [3.8, 4) is 23.0 Å². The largest absolute Gasteiger partial charge is 0.504 e. The first-order valence-electron chi connectivity index (χ1n) is 14.6. The summed E-state index contributed by atoms with van der Waals surface area (Å²) in [5, 5.41) is 17.5. The molecule has 248 valence electrons. The molecule has 0 saturated carbocycles. The molecule has 2 aromatic heterocycles. The number of rotatable bonds is 10. The van der Waals surface area contributed by atoms with Crippen LogP contribution in [0.2, 0.25) is 10.0 Å². The van der Waals surface area contributed by atoms with Crippen LogP contribution in [0.5, 0.6) is 23.0 Å². The van der Waals surface area contributed by atoms with E-state index in [4.69, 9.17) is 37.4 Å². The molecule has 0 unspecified atom stereocenters. The Morgan fingerprint density at radius 1 is 0.688 bits per heavy atom. The lowest BCUT2D eigenvalue weighted by Gasteiger charge is -2.14. The average molecular weight is 696 g/mol. The van der Waals surface area contributed by atoms with E-state index in [2.05, 4.69) is 37.5 Å². The number of anilines is 4. The van der Waals surface area contributed by atoms with Crippen LogP contribution in [0.15, 0.2) is 73.3 Å². The number of fused-ring (bicyclic) bond motifs is 2. The second-order valence-electron chi connectivity index (χ2n) is 10.2. The number of methoxy groups -OCH3 is 2. The topological polar surface area (TPSA) is 124 Å². The zero-order chi connectivity index (χ0) is 34.2. The van der Waals surface area contributed by atoms with Gasteiger partial charge in [0.2, 0.25) is 0 Å². The number of phenolic OH excluding ortho intramolecular Hbond substituents is 1. The second-order valence-corrected chi connectivity index (χ2v) is 11.0. The van der Waals surface area contributed by atoms with Gasteiger partial charge in [0.05, 0.1) is 41.9 Å². The highest BCUT2D eigenvalue weighted by Crippen LogP contribution is 2.36. The highest BCUT2D eigenvalue weighted by molar-refractivity contribution is 6.31. The van der Waals surface area contributed by atoms with Gasteiger partial charge in [-0.1, -0.05) is 36.5 Å². The molecule has 0 amide bonds. The summed E-state index contributed by atoms with van der Waals surface area (Å²) in [7, 11) is 3.05. The molecule has 0 bridgehead atoms. The number of halogens is 4. The Hall–Kier alpha value is -5.20. The van der Waals surface area contributed by atoms with Crippen molar-refractivity contribution < 1.29 is 28.1 Å². The first-order chi connectivity index (χ1) is 23.2. The summed E-state index contributed by atoms with van der Waals surface area (Å²) in [6, 6.07) is 15.4. The van der Waals surface area contributed by atoms with Gasteiger partial charge in [-0.05, 0) is 55.0 Å². The van der Waals surface area contributed by atoms with Crippen molar-refractivity contribution in [2.45, 2.75) is 19.8 Å². The Morgan fingerprint density at radius 2 is 1.21 bits per heavy atom. The van der Waals surface area contributed by atoms with Crippen LogP contribution in [0.25, 0.3) is 21.8 Å². The summed E-state index contributed by atoms with van der Waals surface area (Å²) in [6.07, 6.45) is 4.82. The lowest BCUT2D eigenvalue weighted by atomic mass is 10.2. The molecule has 2 heterocycles. The Morgan fingerprint density at radius 3 is 1.71 bits per heavy atom. The fourth-order valence-corrected chi connectivity index (χ4v) is 4.88. The number of ether oxygens (including phenoxy) is 3. The lowest BCUT2D eigenvalue weighted by molar-refractivity contribution is 0.289. The Bertz CT molecular complexity index is 2070. The minimum absolute atomic E-state index is 0.00729. The Kier molecular flexibility index (Phi) is 11.1. The fourth-order valence-electron chi connectivity index (χ4n) is 4.52. The van der Waals surface area contributed by atoms with Crippen molar-refractivity contribution in [3.63, 3.8) is 0 Å². The van der Waals surface area contributed by atoms with Crippen LogP contribution in [0.1, 0.15) is 19.8 Å². The smallest absolute Gasteiger partial charge is 0.162 e. The predicted molar refractivity (Wildman–Crippen MR) is 184 cm³/mol. The summed E-state index contributed by atoms with van der Waals surface area (Å²) >= 11 is 11.6. The highest BCUT2D eigenvalue weighted by Gasteiger charge is 2.13. The van der Waals surface area contributed by atoms with Gasteiger partial charge in [0, 0.05) is 34.3 Å². The van der Waals surface area contributed by atoms with Crippen molar-refractivity contribution in [3.05, 3.63) is 95.0 Å². The molecular formula is C34H30Cl2F2N6O4. The minimum Gasteiger partial charge on any atom is -0.504 e. The molecule has 14 heteroatoms. The number of aromatic nitrogens is 4. The van der Waals surface area contributed by atoms with Crippen molar-refractivity contribution in [2.24, 2.45) is 0 Å². The number of phenols is 1. The summed E-state index contributed by atoms with van der Waals surface area (Å²) in [6.45, 7) is 2.70. The molecule has 0 fully saturated rings. The van der Waals surface area contributed by atoms with E-state index in [9.17, 15) is 13.9 Å². The number of unbranched alkanes of at least 4 members (excludes halogenated alkanes) is 1. The zero-order valence-corrected chi connectivity index (χ0v) is 27.5. The number of hydrogen-bond donors (Lipinski definition) is 3. The third-order valence-corrected chi connectivity index (χ3v) is 7.56. The van der Waals surface area contributed by atoms with Gasteiger partial charge in [0.1, 0.15) is 35.9 Å². The van der Waals surface area contributed by atoms with Gasteiger partial charge < -0.3 is 30.0 Å². The lowest BCUT2D eigenvalue weighted by Crippen LogP contribution is -2.01. The molecule has 4 aromatic carbocycles. The molecule has 0 aliphatic heterocycles. The third kappa shape index (κ3) is 8.01. The van der Waals surface area contributed by atoms with Gasteiger partial charge in [-0.3, -0.25) is 0 Å². The van der Waals surface area contributed by atoms with E-state index >= 15 is 0 Å². The van der Waals surface area contributed by atoms with E-state index in [1.54, 1.807) is 31.4 Å². The van der Waals surface area contributed by atoms with E-state index in [0.717, 1.165) is 18.2 Å². The number of nitrogens with one attached hydrogen (secondary N) is 2. The zero-order valence-electron chi connectivity index (χ0n) is 26.0. The molecule has 6 aromatic rings. The molecule has 10 nitrogen and oxygen atoms in total. The van der Waals surface area contributed by atoms with Gasteiger partial charge in [0.15, 0.2) is 23.0 Å². The van der Waals surface area contributed by atoms with E-state index < -0.39 is 11.6 Å². The van der Waals surface area contributed by atoms with Crippen molar-refractivity contribution in [1.82, 2.24) is 19.9 Å². The van der Waals surface area contributed by atoms with E-state index in [1.165, 1.54) is 50.1 Å². The van der Waals surface area contributed by atoms with Gasteiger partial charge in [-0.2, -0.15) is 0 Å². The third-order valence-electron chi connectivity index (χ3n) is 6.98. The summed E-state index contributed by atoms with van der Waals surface area (Å²) in [4.78, 5) is 16.9. The maximum atomic E-state index is 13.4. The minimum atomic E-state index is -0.498. The van der Waals surface area contributed by atoms with Crippen LogP contribution in [0, 0.1) is 11.6 Å². The standard InChI is InChI=1S/C19H19ClFN3O2.C15H11ClFN3O2/c1-3-4-7-26-18-9-13-16(10-17(18)25-2)22-11-23-19(13)24-12-5-6-15(21)14(20)8-12;1-22-14-6-12-9(5-13(14)21)15(19-7-18-12)20-8-2-3-11(17)10(16)4-8/h5-6,8-11H,3-4,7H2,1-2H3,(H,22,23,24);2-7,21H,1H3,(H,18,19,20). The van der Waals surface area contributed by atoms with Crippen LogP contribution in [0.4, 0.5) is 31.8 Å². The first-order valence-corrected chi connectivity index (χ1v) is 15.4. The number of aromatic hydroxyl groups is 1. The SMILES string of the molecule is CCCCOc1cc2c(Nc3ccc(F)c(Cl)c3)ncnc2cc1OC.COc1cc2ncnc(Nc3ccc(F)c(Cl)c3)c2cc1O. The molecule has 0 saturated heterocycles. The summed E-state index contributed by atoms with van der Waals surface area (Å²) in [5.41, 5.74) is 2.50. The van der Waals surface area contributed by atoms with Crippen LogP contribution in [0.3, 0.4) is 0 Å². The van der Waals surface area contributed by atoms with Gasteiger partial charge in [-0.15, -0.1) is 0 Å². The van der Waals surface area contributed by atoms with E-state index in [0.29, 0.717) is 63.3 Å². The molecule has 48 heavy (non-hydrogen) atoms. The Labute approximate surface area is 284 Å². The van der Waals surface area contributed by atoms with Crippen LogP contribution >= 0.6 is 23.2 Å². The number of benzene rings is 4. The van der Waals surface area contributed by atoms with Crippen LogP contribution < -0.4 is 24.8 Å². The molecule has 0 aliphatic rings. The van der Waals surface area contributed by atoms with Gasteiger partial charge in [-0.25, -0.2) is 28.7 Å². The van der Waals surface area contributed by atoms with Gasteiger partial charge >= 0.3 is 0 Å². The molecular weight excluding hydrogens is 665 g/mol. The number of nitrogens with zero attached hydrogens (tertiary/aromatic N) is 4. The molecule has 0 atom stereocenters. The normalized spacial score (nSPS) is 10.7. The van der Waals surface area contributed by atoms with E-state index in [-0.39, 0.29) is 15.8 Å². The second kappa shape index (κ2) is 15.6. The molecule has 0 aliphatic carbocycles. The molecule has 3 N–H and O–H groups in total. The molecule has 0 radical (unpaired) electrons. The quantitative estimate of drug-likeness (QED) is 0.120. The molecule has 6 rings (SSSR count). The van der Waals surface area contributed by atoms with Crippen LogP contribution in [-0.4, -0.2) is 45.9 Å². The number of hydrogen-bond acceptors (Lipinski definition) is 10. The summed E-state index contributed by atoms with van der Waals surface area (Å²) in [5.74, 6) is 1.60. The molecule has 0 spiro atoms.